The van der Waals surface area contributed by atoms with Crippen molar-refractivity contribution in [1.82, 2.24) is 5.32 Å². The summed E-state index contributed by atoms with van der Waals surface area (Å²) < 4.78 is 11.5. The number of piperidine rings is 1. The molecular weight excluding hydrogens is 250 g/mol. The van der Waals surface area contributed by atoms with Gasteiger partial charge in [0.15, 0.2) is 0 Å². The Labute approximate surface area is 121 Å². The predicted octanol–water partition coefficient (Wildman–Crippen LogP) is 3.05. The van der Waals surface area contributed by atoms with Gasteiger partial charge in [0.2, 0.25) is 0 Å². The molecule has 0 saturated carbocycles. The predicted molar refractivity (Wildman–Crippen MR) is 81.0 cm³/mol. The second-order valence-corrected chi connectivity index (χ2v) is 5.89. The largest absolute Gasteiger partial charge is 0.496 e. The fourth-order valence-electron chi connectivity index (χ4n) is 3.76. The number of hydrogen-bond acceptors (Lipinski definition) is 3. The first kappa shape index (κ1) is 13.7. The van der Waals surface area contributed by atoms with Gasteiger partial charge in [-0.3, -0.25) is 0 Å². The van der Waals surface area contributed by atoms with Crippen molar-refractivity contribution < 1.29 is 9.47 Å². The Balaban J connectivity index is 2.07. The number of rotatable bonds is 3. The molecule has 0 bridgehead atoms. The Morgan fingerprint density at radius 1 is 1.00 bits per heavy atom. The van der Waals surface area contributed by atoms with Gasteiger partial charge in [-0.05, 0) is 63.6 Å². The molecule has 0 atom stereocenters. The van der Waals surface area contributed by atoms with Crippen LogP contribution in [0.15, 0.2) is 6.07 Å². The van der Waals surface area contributed by atoms with Crippen molar-refractivity contribution in [2.45, 2.75) is 44.4 Å². The molecule has 20 heavy (non-hydrogen) atoms. The van der Waals surface area contributed by atoms with Crippen molar-refractivity contribution in [3.05, 3.63) is 22.8 Å². The Morgan fingerprint density at radius 2 is 1.70 bits per heavy atom. The van der Waals surface area contributed by atoms with Crippen molar-refractivity contribution in [2.24, 2.45) is 0 Å². The summed E-state index contributed by atoms with van der Waals surface area (Å²) in [4.78, 5) is 0. The van der Waals surface area contributed by atoms with Crippen molar-refractivity contribution in [1.29, 1.82) is 0 Å². The molecule has 0 radical (unpaired) electrons. The summed E-state index contributed by atoms with van der Waals surface area (Å²) in [7, 11) is 3.62. The molecule has 1 N–H and O–H groups in total. The first-order chi connectivity index (χ1) is 9.85. The Morgan fingerprint density at radius 3 is 2.35 bits per heavy atom. The highest BCUT2D eigenvalue weighted by molar-refractivity contribution is 5.56. The lowest BCUT2D eigenvalue weighted by Crippen LogP contribution is -2.27. The van der Waals surface area contributed by atoms with Crippen LogP contribution < -0.4 is 14.8 Å². The first-order valence-corrected chi connectivity index (χ1v) is 7.82. The number of benzene rings is 1. The van der Waals surface area contributed by atoms with Gasteiger partial charge >= 0.3 is 0 Å². The van der Waals surface area contributed by atoms with E-state index in [1.165, 1.54) is 42.4 Å². The van der Waals surface area contributed by atoms with Crippen LogP contribution in [0.25, 0.3) is 0 Å². The molecule has 0 unspecified atom stereocenters. The second-order valence-electron chi connectivity index (χ2n) is 5.89. The minimum Gasteiger partial charge on any atom is -0.496 e. The molecule has 1 aliphatic carbocycles. The van der Waals surface area contributed by atoms with Crippen molar-refractivity contribution >= 4 is 0 Å². The lowest BCUT2D eigenvalue weighted by molar-refractivity contribution is 0.372. The smallest absolute Gasteiger partial charge is 0.126 e. The van der Waals surface area contributed by atoms with Crippen molar-refractivity contribution in [3.63, 3.8) is 0 Å². The quantitative estimate of drug-likeness (QED) is 0.919. The summed E-state index contributed by atoms with van der Waals surface area (Å²) in [5.41, 5.74) is 4.16. The Kier molecular flexibility index (Phi) is 4.16. The minimum atomic E-state index is 0.604. The Hall–Kier alpha value is -1.22. The van der Waals surface area contributed by atoms with Gasteiger partial charge < -0.3 is 14.8 Å². The molecule has 1 fully saturated rings. The molecule has 110 valence electrons. The van der Waals surface area contributed by atoms with E-state index in [-0.39, 0.29) is 0 Å². The third kappa shape index (κ3) is 2.39. The minimum absolute atomic E-state index is 0.604. The summed E-state index contributed by atoms with van der Waals surface area (Å²) in [6.07, 6.45) is 7.17. The highest BCUT2D eigenvalue weighted by Gasteiger charge is 2.26. The van der Waals surface area contributed by atoms with E-state index >= 15 is 0 Å². The zero-order valence-corrected chi connectivity index (χ0v) is 12.6. The maximum absolute atomic E-state index is 5.82. The van der Waals surface area contributed by atoms with Gasteiger partial charge in [-0.1, -0.05) is 0 Å². The summed E-state index contributed by atoms with van der Waals surface area (Å²) >= 11 is 0. The van der Waals surface area contributed by atoms with E-state index in [9.17, 15) is 0 Å². The number of nitrogens with one attached hydrogen (secondary N) is 1. The van der Waals surface area contributed by atoms with E-state index in [1.54, 1.807) is 7.11 Å². The molecule has 3 heteroatoms. The SMILES string of the molecule is COc1cc(C2CCNCC2)c(OC)c2c1CCCC2. The van der Waals surface area contributed by atoms with Gasteiger partial charge in [0, 0.05) is 16.7 Å². The first-order valence-electron chi connectivity index (χ1n) is 7.82. The van der Waals surface area contributed by atoms with E-state index in [0.29, 0.717) is 5.92 Å². The lowest BCUT2D eigenvalue weighted by atomic mass is 9.83. The average molecular weight is 275 g/mol. The molecule has 1 aliphatic heterocycles. The van der Waals surface area contributed by atoms with Crippen LogP contribution in [0.4, 0.5) is 0 Å². The van der Waals surface area contributed by atoms with Crippen molar-refractivity contribution in [2.75, 3.05) is 27.3 Å². The average Bonchev–Trinajstić information content (AvgIpc) is 2.54. The number of hydrogen-bond donors (Lipinski definition) is 1. The van der Waals surface area contributed by atoms with E-state index in [1.807, 2.05) is 7.11 Å². The van der Waals surface area contributed by atoms with Crippen LogP contribution >= 0.6 is 0 Å². The number of ether oxygens (including phenoxy) is 2. The zero-order valence-electron chi connectivity index (χ0n) is 12.6. The van der Waals surface area contributed by atoms with Crippen LogP contribution in [0.3, 0.4) is 0 Å². The number of fused-ring (bicyclic) bond motifs is 1. The van der Waals surface area contributed by atoms with E-state index < -0.39 is 0 Å². The maximum atomic E-state index is 5.82. The van der Waals surface area contributed by atoms with E-state index in [2.05, 4.69) is 11.4 Å². The molecule has 2 aliphatic rings. The summed E-state index contributed by atoms with van der Waals surface area (Å²) in [6, 6.07) is 2.25. The third-order valence-corrected chi connectivity index (χ3v) is 4.79. The van der Waals surface area contributed by atoms with Crippen LogP contribution in [-0.4, -0.2) is 27.3 Å². The highest BCUT2D eigenvalue weighted by atomic mass is 16.5. The van der Waals surface area contributed by atoms with Gasteiger partial charge in [-0.25, -0.2) is 0 Å². The molecule has 1 aromatic carbocycles. The lowest BCUT2D eigenvalue weighted by Gasteiger charge is -2.29. The van der Waals surface area contributed by atoms with Crippen LogP contribution in [0.2, 0.25) is 0 Å². The van der Waals surface area contributed by atoms with Gasteiger partial charge in [0.25, 0.3) is 0 Å². The maximum Gasteiger partial charge on any atom is 0.126 e. The van der Waals surface area contributed by atoms with E-state index in [4.69, 9.17) is 9.47 Å². The van der Waals surface area contributed by atoms with Crippen LogP contribution in [-0.2, 0) is 12.8 Å². The zero-order chi connectivity index (χ0) is 13.9. The molecule has 3 rings (SSSR count). The molecule has 0 amide bonds. The van der Waals surface area contributed by atoms with Gasteiger partial charge in [-0.2, -0.15) is 0 Å². The molecule has 0 spiro atoms. The van der Waals surface area contributed by atoms with Crippen LogP contribution in [0.1, 0.15) is 48.3 Å². The highest BCUT2D eigenvalue weighted by Crippen LogP contribution is 2.43. The molecule has 1 heterocycles. The molecule has 3 nitrogen and oxygen atoms in total. The van der Waals surface area contributed by atoms with Crippen molar-refractivity contribution in [3.8, 4) is 11.5 Å². The van der Waals surface area contributed by atoms with Crippen LogP contribution in [0, 0.1) is 0 Å². The third-order valence-electron chi connectivity index (χ3n) is 4.79. The fourth-order valence-corrected chi connectivity index (χ4v) is 3.76. The monoisotopic (exact) mass is 275 g/mol. The molecule has 1 saturated heterocycles. The fraction of sp³-hybridized carbons (Fsp3) is 0.647. The van der Waals surface area contributed by atoms with Crippen LogP contribution in [0.5, 0.6) is 11.5 Å². The summed E-state index contributed by atoms with van der Waals surface area (Å²) in [5.74, 6) is 2.83. The molecule has 1 aromatic rings. The van der Waals surface area contributed by atoms with Gasteiger partial charge in [0.05, 0.1) is 14.2 Å². The van der Waals surface area contributed by atoms with E-state index in [0.717, 1.165) is 37.4 Å². The second kappa shape index (κ2) is 6.04. The van der Waals surface area contributed by atoms with Gasteiger partial charge in [0.1, 0.15) is 11.5 Å². The summed E-state index contributed by atoms with van der Waals surface area (Å²) in [6.45, 7) is 2.21. The Bertz CT molecular complexity index is 478. The number of methoxy groups -OCH3 is 2. The topological polar surface area (TPSA) is 30.5 Å². The normalized spacial score (nSPS) is 19.5. The summed E-state index contributed by atoms with van der Waals surface area (Å²) in [5, 5.41) is 3.44. The standard InChI is InChI=1S/C17H25NO2/c1-19-16-11-15(12-7-9-18-10-8-12)17(20-2)14-6-4-3-5-13(14)16/h11-12,18H,3-10H2,1-2H3. The van der Waals surface area contributed by atoms with Gasteiger partial charge in [-0.15, -0.1) is 0 Å². The molecular formula is C17H25NO2. The molecule has 0 aromatic heterocycles.